The summed E-state index contributed by atoms with van der Waals surface area (Å²) in [5.74, 6) is 0.108. The Balaban J connectivity index is 1.93. The molecule has 108 valence electrons. The van der Waals surface area contributed by atoms with Gasteiger partial charge in [0.25, 0.3) is 5.91 Å². The number of benzene rings is 1. The number of rotatable bonds is 3. The summed E-state index contributed by atoms with van der Waals surface area (Å²) in [7, 11) is 0. The second-order valence-electron chi connectivity index (χ2n) is 5.12. The van der Waals surface area contributed by atoms with E-state index in [1.807, 2.05) is 32.9 Å². The molecule has 0 bridgehead atoms. The first kappa shape index (κ1) is 13.4. The molecule has 0 radical (unpaired) electrons. The molecule has 0 spiro atoms. The fourth-order valence-electron chi connectivity index (χ4n) is 2.47. The van der Waals surface area contributed by atoms with Crippen molar-refractivity contribution in [1.82, 2.24) is 10.3 Å². The van der Waals surface area contributed by atoms with Crippen molar-refractivity contribution in [3.05, 3.63) is 52.9 Å². The highest BCUT2D eigenvalue weighted by Crippen LogP contribution is 2.30. The Hall–Kier alpha value is -2.56. The monoisotopic (exact) mass is 284 g/mol. The molecule has 0 unspecified atom stereocenters. The molecular formula is C16H16N2O3. The van der Waals surface area contributed by atoms with Gasteiger partial charge in [0.2, 0.25) is 0 Å². The van der Waals surface area contributed by atoms with Crippen molar-refractivity contribution in [2.45, 2.75) is 27.3 Å². The number of carbonyl (C=O) groups is 1. The molecule has 2 aromatic heterocycles. The molecular weight excluding hydrogens is 268 g/mol. The third-order valence-electron chi connectivity index (χ3n) is 3.60. The summed E-state index contributed by atoms with van der Waals surface area (Å²) < 4.78 is 10.7. The lowest BCUT2D eigenvalue weighted by Gasteiger charge is -2.00. The Morgan fingerprint density at radius 2 is 2.00 bits per heavy atom. The minimum Gasteiger partial charge on any atom is -0.451 e. The molecule has 5 heteroatoms. The second-order valence-corrected chi connectivity index (χ2v) is 5.12. The second kappa shape index (κ2) is 5.09. The Bertz CT molecular complexity index is 801. The summed E-state index contributed by atoms with van der Waals surface area (Å²) in [5.41, 5.74) is 4.44. The molecule has 21 heavy (non-hydrogen) atoms. The molecule has 0 saturated heterocycles. The lowest BCUT2D eigenvalue weighted by Crippen LogP contribution is -2.23. The van der Waals surface area contributed by atoms with E-state index in [4.69, 9.17) is 8.83 Å². The van der Waals surface area contributed by atoms with Crippen LogP contribution in [0.25, 0.3) is 11.0 Å². The average molecular weight is 284 g/mol. The summed E-state index contributed by atoms with van der Waals surface area (Å²) in [5, 5.41) is 3.80. The third-order valence-corrected chi connectivity index (χ3v) is 3.60. The Morgan fingerprint density at radius 3 is 2.67 bits per heavy atom. The molecule has 5 nitrogen and oxygen atoms in total. The molecule has 0 aliphatic heterocycles. The van der Waals surface area contributed by atoms with Gasteiger partial charge in [0, 0.05) is 10.9 Å². The topological polar surface area (TPSA) is 68.3 Å². The molecule has 0 saturated carbocycles. The van der Waals surface area contributed by atoms with Gasteiger partial charge in [0.05, 0.1) is 12.2 Å². The summed E-state index contributed by atoms with van der Waals surface area (Å²) in [6.45, 7) is 6.20. The van der Waals surface area contributed by atoms with Crippen LogP contribution in [0.2, 0.25) is 0 Å². The molecule has 1 amide bonds. The molecule has 0 fully saturated rings. The van der Waals surface area contributed by atoms with Crippen molar-refractivity contribution in [3.63, 3.8) is 0 Å². The van der Waals surface area contributed by atoms with Crippen LogP contribution in [-0.4, -0.2) is 10.9 Å². The van der Waals surface area contributed by atoms with Crippen LogP contribution in [0.3, 0.4) is 0 Å². The SMILES string of the molecule is Cc1ccc(C)c2c(C)c(C(=O)NCc3cocn3)oc12. The number of oxazole rings is 1. The molecule has 3 aromatic rings. The van der Waals surface area contributed by atoms with Gasteiger partial charge in [0.1, 0.15) is 11.8 Å². The number of fused-ring (bicyclic) bond motifs is 1. The lowest BCUT2D eigenvalue weighted by atomic mass is 10.0. The molecule has 0 aliphatic rings. The van der Waals surface area contributed by atoms with Crippen molar-refractivity contribution in [2.24, 2.45) is 0 Å². The molecule has 1 aromatic carbocycles. The van der Waals surface area contributed by atoms with Gasteiger partial charge >= 0.3 is 0 Å². The van der Waals surface area contributed by atoms with Gasteiger partial charge in [-0.05, 0) is 31.9 Å². The number of hydrogen-bond donors (Lipinski definition) is 1. The number of aryl methyl sites for hydroxylation is 3. The van der Waals surface area contributed by atoms with E-state index in [2.05, 4.69) is 10.3 Å². The largest absolute Gasteiger partial charge is 0.451 e. The summed E-state index contributed by atoms with van der Waals surface area (Å²) >= 11 is 0. The maximum atomic E-state index is 12.3. The van der Waals surface area contributed by atoms with Crippen molar-refractivity contribution < 1.29 is 13.6 Å². The number of carbonyl (C=O) groups excluding carboxylic acids is 1. The number of hydrogen-bond acceptors (Lipinski definition) is 4. The van der Waals surface area contributed by atoms with E-state index in [0.717, 1.165) is 27.7 Å². The van der Waals surface area contributed by atoms with Crippen LogP contribution >= 0.6 is 0 Å². The smallest absolute Gasteiger partial charge is 0.287 e. The number of aromatic nitrogens is 1. The van der Waals surface area contributed by atoms with Gasteiger partial charge in [-0.1, -0.05) is 12.1 Å². The zero-order chi connectivity index (χ0) is 15.0. The zero-order valence-electron chi connectivity index (χ0n) is 12.2. The average Bonchev–Trinajstić information content (AvgIpc) is 3.09. The number of furan rings is 1. The minimum absolute atomic E-state index is 0.245. The van der Waals surface area contributed by atoms with Crippen molar-refractivity contribution >= 4 is 16.9 Å². The molecule has 1 N–H and O–H groups in total. The van der Waals surface area contributed by atoms with E-state index in [9.17, 15) is 4.79 Å². The molecule has 0 aliphatic carbocycles. The van der Waals surface area contributed by atoms with E-state index in [1.165, 1.54) is 12.7 Å². The standard InChI is InChI=1S/C16H16N2O3/c1-9-4-5-10(2)14-13(9)11(3)15(21-14)16(19)17-6-12-7-20-8-18-12/h4-5,7-8H,6H2,1-3H3,(H,17,19). The Morgan fingerprint density at radius 1 is 1.24 bits per heavy atom. The van der Waals surface area contributed by atoms with E-state index in [-0.39, 0.29) is 5.91 Å². The Kier molecular flexibility index (Phi) is 3.25. The summed E-state index contributed by atoms with van der Waals surface area (Å²) in [4.78, 5) is 16.3. The van der Waals surface area contributed by atoms with Gasteiger partial charge in [-0.2, -0.15) is 0 Å². The molecule has 0 atom stereocenters. The zero-order valence-corrected chi connectivity index (χ0v) is 12.2. The van der Waals surface area contributed by atoms with Crippen LogP contribution < -0.4 is 5.32 Å². The predicted molar refractivity (Wildman–Crippen MR) is 78.1 cm³/mol. The first-order valence-electron chi connectivity index (χ1n) is 6.72. The highest BCUT2D eigenvalue weighted by atomic mass is 16.3. The van der Waals surface area contributed by atoms with Crippen LogP contribution in [0, 0.1) is 20.8 Å². The highest BCUT2D eigenvalue weighted by molar-refractivity contribution is 6.00. The van der Waals surface area contributed by atoms with Gasteiger partial charge in [0.15, 0.2) is 12.2 Å². The molecule has 2 heterocycles. The van der Waals surface area contributed by atoms with Crippen molar-refractivity contribution in [2.75, 3.05) is 0 Å². The minimum atomic E-state index is -0.245. The first-order chi connectivity index (χ1) is 10.1. The number of nitrogens with one attached hydrogen (secondary N) is 1. The van der Waals surface area contributed by atoms with Gasteiger partial charge in [-0.25, -0.2) is 4.98 Å². The van der Waals surface area contributed by atoms with Crippen molar-refractivity contribution in [1.29, 1.82) is 0 Å². The fraction of sp³-hybridized carbons (Fsp3) is 0.250. The number of nitrogens with zero attached hydrogens (tertiary/aromatic N) is 1. The first-order valence-corrected chi connectivity index (χ1v) is 6.72. The fourth-order valence-corrected chi connectivity index (χ4v) is 2.47. The maximum absolute atomic E-state index is 12.3. The van der Waals surface area contributed by atoms with Crippen LogP contribution in [0.1, 0.15) is 32.9 Å². The number of amides is 1. The predicted octanol–water partition coefficient (Wildman–Crippen LogP) is 3.28. The van der Waals surface area contributed by atoms with Crippen LogP contribution in [0.15, 0.2) is 33.6 Å². The van der Waals surface area contributed by atoms with E-state index in [0.29, 0.717) is 18.0 Å². The van der Waals surface area contributed by atoms with Crippen molar-refractivity contribution in [3.8, 4) is 0 Å². The van der Waals surface area contributed by atoms with Crippen LogP contribution in [-0.2, 0) is 6.54 Å². The van der Waals surface area contributed by atoms with Gasteiger partial charge in [-0.3, -0.25) is 4.79 Å². The van der Waals surface area contributed by atoms with E-state index < -0.39 is 0 Å². The van der Waals surface area contributed by atoms with Crippen LogP contribution in [0.5, 0.6) is 0 Å². The molecule has 3 rings (SSSR count). The maximum Gasteiger partial charge on any atom is 0.287 e. The normalized spacial score (nSPS) is 11.0. The third kappa shape index (κ3) is 2.31. The van der Waals surface area contributed by atoms with E-state index in [1.54, 1.807) is 0 Å². The quantitative estimate of drug-likeness (QED) is 0.801. The van der Waals surface area contributed by atoms with Gasteiger partial charge in [-0.15, -0.1) is 0 Å². The van der Waals surface area contributed by atoms with Crippen LogP contribution in [0.4, 0.5) is 0 Å². The lowest BCUT2D eigenvalue weighted by molar-refractivity contribution is 0.0924. The summed E-state index contributed by atoms with van der Waals surface area (Å²) in [6.07, 6.45) is 2.83. The highest BCUT2D eigenvalue weighted by Gasteiger charge is 2.19. The van der Waals surface area contributed by atoms with E-state index >= 15 is 0 Å². The summed E-state index contributed by atoms with van der Waals surface area (Å²) in [6, 6.07) is 4.04. The Labute approximate surface area is 122 Å². The van der Waals surface area contributed by atoms with Gasteiger partial charge < -0.3 is 14.2 Å².